The van der Waals surface area contributed by atoms with Gasteiger partial charge in [-0.1, -0.05) is 6.07 Å². The Morgan fingerprint density at radius 1 is 1.12 bits per heavy atom. The topological polar surface area (TPSA) is 38.7 Å². The molecule has 2 aromatic heterocycles. The average molecular weight is 221 g/mol. The summed E-state index contributed by atoms with van der Waals surface area (Å²) in [5.74, 6) is 0.224. The molecule has 5 heteroatoms. The van der Waals surface area contributed by atoms with Gasteiger partial charge in [0.15, 0.2) is 5.82 Å². The van der Waals surface area contributed by atoms with Gasteiger partial charge in [-0.3, -0.25) is 0 Å². The molecule has 0 aromatic carbocycles. The second-order valence-corrected chi connectivity index (χ2v) is 3.27. The zero-order valence-corrected chi connectivity index (χ0v) is 8.56. The zero-order valence-electron chi connectivity index (χ0n) is 8.56. The second-order valence-electron chi connectivity index (χ2n) is 3.27. The number of nitrogens with zero attached hydrogens (tertiary/aromatic N) is 3. The van der Waals surface area contributed by atoms with E-state index < -0.39 is 6.43 Å². The number of aromatic nitrogens is 3. The molecule has 82 valence electrons. The first-order valence-corrected chi connectivity index (χ1v) is 4.72. The first-order chi connectivity index (χ1) is 7.66. The Hall–Kier alpha value is -1.91. The van der Waals surface area contributed by atoms with Crippen molar-refractivity contribution in [2.75, 3.05) is 0 Å². The van der Waals surface area contributed by atoms with Gasteiger partial charge in [-0.25, -0.2) is 23.7 Å². The minimum absolute atomic E-state index is 0.224. The highest BCUT2D eigenvalue weighted by Gasteiger charge is 2.11. The van der Waals surface area contributed by atoms with Crippen molar-refractivity contribution in [2.45, 2.75) is 13.3 Å². The largest absolute Gasteiger partial charge is 0.280 e. The molecule has 0 bridgehead atoms. The van der Waals surface area contributed by atoms with Gasteiger partial charge in [-0.05, 0) is 25.1 Å². The number of alkyl halides is 2. The van der Waals surface area contributed by atoms with E-state index in [4.69, 9.17) is 0 Å². The molecule has 0 amide bonds. The minimum Gasteiger partial charge on any atom is -0.250 e. The van der Waals surface area contributed by atoms with Gasteiger partial charge < -0.3 is 0 Å². The number of aryl methyl sites for hydroxylation is 1. The van der Waals surface area contributed by atoms with E-state index in [1.54, 1.807) is 12.1 Å². The van der Waals surface area contributed by atoms with Gasteiger partial charge in [0.2, 0.25) is 0 Å². The molecule has 0 fully saturated rings. The first kappa shape index (κ1) is 10.6. The van der Waals surface area contributed by atoms with Crippen LogP contribution in [0.25, 0.3) is 11.5 Å². The van der Waals surface area contributed by atoms with Crippen molar-refractivity contribution < 1.29 is 8.78 Å². The van der Waals surface area contributed by atoms with Gasteiger partial charge in [0, 0.05) is 11.9 Å². The van der Waals surface area contributed by atoms with Crippen LogP contribution in [-0.2, 0) is 0 Å². The molecule has 0 aliphatic rings. The van der Waals surface area contributed by atoms with E-state index in [-0.39, 0.29) is 11.5 Å². The summed E-state index contributed by atoms with van der Waals surface area (Å²) in [5.41, 5.74) is 1.01. The summed E-state index contributed by atoms with van der Waals surface area (Å²) in [6.07, 6.45) is -1.28. The van der Waals surface area contributed by atoms with Crippen LogP contribution in [0.15, 0.2) is 30.5 Å². The Bertz CT molecular complexity index is 500. The van der Waals surface area contributed by atoms with Crippen LogP contribution in [0.4, 0.5) is 8.78 Å². The maximum atomic E-state index is 12.4. The molecule has 0 spiro atoms. The van der Waals surface area contributed by atoms with Crippen LogP contribution >= 0.6 is 0 Å². The van der Waals surface area contributed by atoms with Crippen molar-refractivity contribution in [2.24, 2.45) is 0 Å². The lowest BCUT2D eigenvalue weighted by Gasteiger charge is -2.02. The maximum absolute atomic E-state index is 12.4. The summed E-state index contributed by atoms with van der Waals surface area (Å²) in [6.45, 7) is 1.82. The highest BCUT2D eigenvalue weighted by atomic mass is 19.3. The van der Waals surface area contributed by atoms with Crippen molar-refractivity contribution in [1.29, 1.82) is 0 Å². The number of pyridine rings is 1. The number of hydrogen-bond acceptors (Lipinski definition) is 3. The molecule has 0 N–H and O–H groups in total. The van der Waals surface area contributed by atoms with E-state index in [9.17, 15) is 8.78 Å². The lowest BCUT2D eigenvalue weighted by atomic mass is 10.3. The molecule has 0 aliphatic heterocycles. The highest BCUT2D eigenvalue weighted by Crippen LogP contribution is 2.18. The third-order valence-electron chi connectivity index (χ3n) is 2.02. The predicted molar refractivity (Wildman–Crippen MR) is 55.0 cm³/mol. The average Bonchev–Trinajstić information content (AvgIpc) is 2.29. The lowest BCUT2D eigenvalue weighted by molar-refractivity contribution is 0.146. The van der Waals surface area contributed by atoms with Gasteiger partial charge in [0.05, 0.1) is 0 Å². The molecule has 0 aliphatic carbocycles. The van der Waals surface area contributed by atoms with Crippen LogP contribution in [0.3, 0.4) is 0 Å². The Morgan fingerprint density at radius 2 is 1.94 bits per heavy atom. The first-order valence-electron chi connectivity index (χ1n) is 4.72. The monoisotopic (exact) mass is 221 g/mol. The minimum atomic E-state index is -2.59. The van der Waals surface area contributed by atoms with Crippen LogP contribution in [0.5, 0.6) is 0 Å². The third kappa shape index (κ3) is 2.18. The van der Waals surface area contributed by atoms with Crippen molar-refractivity contribution in [3.63, 3.8) is 0 Å². The second kappa shape index (κ2) is 4.30. The zero-order chi connectivity index (χ0) is 11.5. The van der Waals surface area contributed by atoms with E-state index in [0.29, 0.717) is 5.69 Å². The van der Waals surface area contributed by atoms with Crippen molar-refractivity contribution >= 4 is 0 Å². The Kier molecular flexibility index (Phi) is 2.85. The Morgan fingerprint density at radius 3 is 2.62 bits per heavy atom. The van der Waals surface area contributed by atoms with E-state index in [1.807, 2.05) is 13.0 Å². The fourth-order valence-corrected chi connectivity index (χ4v) is 1.29. The molecule has 2 heterocycles. The van der Waals surface area contributed by atoms with Gasteiger partial charge in [-0.15, -0.1) is 0 Å². The summed E-state index contributed by atoms with van der Waals surface area (Å²) in [7, 11) is 0. The molecule has 3 nitrogen and oxygen atoms in total. The van der Waals surface area contributed by atoms with Crippen molar-refractivity contribution in [3.8, 4) is 11.5 Å². The summed E-state index contributed by atoms with van der Waals surface area (Å²) in [5, 5.41) is 0. The number of halogens is 2. The van der Waals surface area contributed by atoms with Crippen LogP contribution in [0.2, 0.25) is 0 Å². The van der Waals surface area contributed by atoms with Crippen LogP contribution < -0.4 is 0 Å². The summed E-state index contributed by atoms with van der Waals surface area (Å²) in [6, 6.07) is 6.50. The van der Waals surface area contributed by atoms with E-state index >= 15 is 0 Å². The van der Waals surface area contributed by atoms with Crippen LogP contribution in [0.1, 0.15) is 17.8 Å². The molecular formula is C11H9F2N3. The molecule has 2 aromatic rings. The molecule has 0 saturated heterocycles. The van der Waals surface area contributed by atoms with Gasteiger partial charge in [0.1, 0.15) is 11.4 Å². The van der Waals surface area contributed by atoms with Crippen LogP contribution in [-0.4, -0.2) is 15.0 Å². The van der Waals surface area contributed by atoms with Crippen molar-refractivity contribution in [1.82, 2.24) is 15.0 Å². The molecule has 0 saturated carbocycles. The van der Waals surface area contributed by atoms with Gasteiger partial charge in [-0.2, -0.15) is 0 Å². The third-order valence-corrected chi connectivity index (χ3v) is 2.02. The fourth-order valence-electron chi connectivity index (χ4n) is 1.29. The Labute approximate surface area is 91.2 Å². The van der Waals surface area contributed by atoms with Crippen molar-refractivity contribution in [3.05, 3.63) is 41.9 Å². The van der Waals surface area contributed by atoms with E-state index in [1.165, 1.54) is 12.3 Å². The maximum Gasteiger partial charge on any atom is 0.280 e. The van der Waals surface area contributed by atoms with Crippen LogP contribution in [0, 0.1) is 6.92 Å². The lowest BCUT2D eigenvalue weighted by Crippen LogP contribution is -1.97. The predicted octanol–water partition coefficient (Wildman–Crippen LogP) is 2.78. The molecule has 16 heavy (non-hydrogen) atoms. The van der Waals surface area contributed by atoms with E-state index in [0.717, 1.165) is 5.69 Å². The fraction of sp³-hybridized carbons (Fsp3) is 0.182. The molecular weight excluding hydrogens is 212 g/mol. The molecule has 0 unspecified atom stereocenters. The van der Waals surface area contributed by atoms with E-state index in [2.05, 4.69) is 15.0 Å². The Balaban J connectivity index is 2.44. The summed E-state index contributed by atoms with van der Waals surface area (Å²) in [4.78, 5) is 11.9. The number of rotatable bonds is 2. The summed E-state index contributed by atoms with van der Waals surface area (Å²) < 4.78 is 24.9. The number of hydrogen-bond donors (Lipinski definition) is 0. The van der Waals surface area contributed by atoms with Gasteiger partial charge in [0.25, 0.3) is 6.43 Å². The molecule has 0 atom stereocenters. The quantitative estimate of drug-likeness (QED) is 0.782. The normalized spacial score (nSPS) is 10.8. The summed E-state index contributed by atoms with van der Waals surface area (Å²) >= 11 is 0. The highest BCUT2D eigenvalue weighted by molar-refractivity contribution is 5.48. The SMILES string of the molecule is Cc1cccc(-c2nccc(C(F)F)n2)n1. The smallest absolute Gasteiger partial charge is 0.250 e. The molecule has 2 rings (SSSR count). The standard InChI is InChI=1S/C11H9F2N3/c1-7-3-2-4-9(15-7)11-14-6-5-8(16-11)10(12)13/h2-6,10H,1H3. The molecule has 0 radical (unpaired) electrons. The van der Waals surface area contributed by atoms with Gasteiger partial charge >= 0.3 is 0 Å².